The van der Waals surface area contributed by atoms with Gasteiger partial charge in [0.1, 0.15) is 0 Å². The van der Waals surface area contributed by atoms with Crippen LogP contribution in [0.2, 0.25) is 0 Å². The van der Waals surface area contributed by atoms with E-state index in [0.29, 0.717) is 6.04 Å². The van der Waals surface area contributed by atoms with Crippen molar-refractivity contribution in [1.82, 2.24) is 5.32 Å². The van der Waals surface area contributed by atoms with Crippen LogP contribution < -0.4 is 5.32 Å². The monoisotopic (exact) mass is 345 g/mol. The summed E-state index contributed by atoms with van der Waals surface area (Å²) >= 11 is 5.38. The van der Waals surface area contributed by atoms with Gasteiger partial charge in [0, 0.05) is 15.9 Å². The van der Waals surface area contributed by atoms with Crippen LogP contribution in [0.3, 0.4) is 0 Å². The first-order valence-electron chi connectivity index (χ1n) is 6.65. The van der Waals surface area contributed by atoms with Crippen molar-refractivity contribution in [2.24, 2.45) is 0 Å². The number of hydrogen-bond acceptors (Lipinski definition) is 2. The Morgan fingerprint density at radius 2 is 1.90 bits per heavy atom. The number of thiophene rings is 1. The Bertz CT molecular complexity index is 714. The van der Waals surface area contributed by atoms with Gasteiger partial charge in [-0.2, -0.15) is 11.3 Å². The molecule has 0 amide bonds. The van der Waals surface area contributed by atoms with Crippen molar-refractivity contribution in [3.8, 4) is 0 Å². The largest absolute Gasteiger partial charge is 0.313 e. The fourth-order valence-electron chi connectivity index (χ4n) is 2.60. The Hall–Kier alpha value is -1.16. The van der Waals surface area contributed by atoms with Gasteiger partial charge in [0.05, 0.1) is 0 Å². The second kappa shape index (κ2) is 6.08. The molecule has 3 aromatic rings. The molecule has 0 fully saturated rings. The van der Waals surface area contributed by atoms with E-state index in [2.05, 4.69) is 74.5 Å². The first-order chi connectivity index (χ1) is 9.79. The third-order valence-electron chi connectivity index (χ3n) is 3.67. The van der Waals surface area contributed by atoms with E-state index in [1.165, 1.54) is 26.4 Å². The van der Waals surface area contributed by atoms with E-state index >= 15 is 0 Å². The summed E-state index contributed by atoms with van der Waals surface area (Å²) in [6.45, 7) is 0. The van der Waals surface area contributed by atoms with Crippen LogP contribution in [0.25, 0.3) is 10.8 Å². The molecule has 1 N–H and O–H groups in total. The molecule has 3 heteroatoms. The number of nitrogens with one attached hydrogen (secondary N) is 1. The van der Waals surface area contributed by atoms with Crippen LogP contribution in [0.4, 0.5) is 0 Å². The van der Waals surface area contributed by atoms with Gasteiger partial charge in [-0.05, 0) is 56.7 Å². The lowest BCUT2D eigenvalue weighted by Crippen LogP contribution is -2.18. The second-order valence-corrected chi connectivity index (χ2v) is 6.46. The molecule has 1 nitrogen and oxygen atoms in total. The minimum atomic E-state index is 0.335. The molecular weight excluding hydrogens is 330 g/mol. The van der Waals surface area contributed by atoms with E-state index in [9.17, 15) is 0 Å². The molecule has 0 saturated carbocycles. The van der Waals surface area contributed by atoms with E-state index in [1.54, 1.807) is 11.3 Å². The van der Waals surface area contributed by atoms with Gasteiger partial charge in [0.2, 0.25) is 0 Å². The van der Waals surface area contributed by atoms with Crippen LogP contribution in [-0.2, 0) is 6.42 Å². The Labute approximate surface area is 131 Å². The van der Waals surface area contributed by atoms with E-state index in [1.807, 2.05) is 7.05 Å². The summed E-state index contributed by atoms with van der Waals surface area (Å²) in [6, 6.07) is 15.5. The maximum atomic E-state index is 3.64. The van der Waals surface area contributed by atoms with Gasteiger partial charge in [0.25, 0.3) is 0 Å². The smallest absolute Gasteiger partial charge is 0.0378 e. The first kappa shape index (κ1) is 13.8. The highest BCUT2D eigenvalue weighted by atomic mass is 79.9. The minimum absolute atomic E-state index is 0.335. The summed E-state index contributed by atoms with van der Waals surface area (Å²) in [7, 11) is 2.03. The molecule has 0 saturated heterocycles. The molecule has 0 aliphatic heterocycles. The predicted molar refractivity (Wildman–Crippen MR) is 91.5 cm³/mol. The van der Waals surface area contributed by atoms with Gasteiger partial charge in [-0.15, -0.1) is 0 Å². The van der Waals surface area contributed by atoms with Gasteiger partial charge in [-0.3, -0.25) is 0 Å². The average molecular weight is 346 g/mol. The van der Waals surface area contributed by atoms with Gasteiger partial charge >= 0.3 is 0 Å². The van der Waals surface area contributed by atoms with Crippen molar-refractivity contribution < 1.29 is 0 Å². The Morgan fingerprint density at radius 1 is 1.10 bits per heavy atom. The fraction of sp³-hybridized carbons (Fsp3) is 0.176. The Balaban J connectivity index is 1.98. The molecule has 20 heavy (non-hydrogen) atoms. The quantitative estimate of drug-likeness (QED) is 0.687. The van der Waals surface area contributed by atoms with Crippen LogP contribution in [-0.4, -0.2) is 7.05 Å². The molecule has 2 aromatic carbocycles. The Morgan fingerprint density at radius 3 is 2.65 bits per heavy atom. The number of benzene rings is 2. The number of fused-ring (bicyclic) bond motifs is 1. The summed E-state index contributed by atoms with van der Waals surface area (Å²) in [4.78, 5) is 0. The highest BCUT2D eigenvalue weighted by Gasteiger charge is 2.15. The number of likely N-dealkylation sites (N-methyl/N-ethyl adjacent to an activating group) is 1. The van der Waals surface area contributed by atoms with Crippen molar-refractivity contribution in [1.29, 1.82) is 0 Å². The summed E-state index contributed by atoms with van der Waals surface area (Å²) in [5.41, 5.74) is 2.73. The first-order valence-corrected chi connectivity index (χ1v) is 8.38. The van der Waals surface area contributed by atoms with Crippen LogP contribution in [0, 0.1) is 0 Å². The summed E-state index contributed by atoms with van der Waals surface area (Å²) in [5.74, 6) is 0. The van der Waals surface area contributed by atoms with Crippen molar-refractivity contribution in [2.75, 3.05) is 7.05 Å². The third kappa shape index (κ3) is 2.66. The maximum Gasteiger partial charge on any atom is 0.0378 e. The second-order valence-electron chi connectivity index (χ2n) is 4.86. The molecule has 0 bridgehead atoms. The van der Waals surface area contributed by atoms with E-state index in [-0.39, 0.29) is 0 Å². The maximum absolute atomic E-state index is 3.64. The van der Waals surface area contributed by atoms with Crippen molar-refractivity contribution in [3.05, 3.63) is 68.8 Å². The van der Waals surface area contributed by atoms with Gasteiger partial charge in [0.15, 0.2) is 0 Å². The lowest BCUT2D eigenvalue weighted by atomic mass is 9.96. The molecule has 0 radical (unpaired) electrons. The third-order valence-corrected chi connectivity index (χ3v) is 5.42. The average Bonchev–Trinajstić information content (AvgIpc) is 2.91. The van der Waals surface area contributed by atoms with Gasteiger partial charge < -0.3 is 5.32 Å². The summed E-state index contributed by atoms with van der Waals surface area (Å²) < 4.78 is 1.20. The van der Waals surface area contributed by atoms with E-state index in [0.717, 1.165) is 6.42 Å². The molecular formula is C17H16BrNS. The number of rotatable bonds is 4. The highest BCUT2D eigenvalue weighted by molar-refractivity contribution is 9.10. The molecule has 1 atom stereocenters. The van der Waals surface area contributed by atoms with Crippen molar-refractivity contribution in [2.45, 2.75) is 12.5 Å². The minimum Gasteiger partial charge on any atom is -0.313 e. The summed E-state index contributed by atoms with van der Waals surface area (Å²) in [5, 5.41) is 10.5. The molecule has 1 unspecified atom stereocenters. The van der Waals surface area contributed by atoms with E-state index in [4.69, 9.17) is 0 Å². The molecule has 102 valence electrons. The van der Waals surface area contributed by atoms with Crippen molar-refractivity contribution in [3.63, 3.8) is 0 Å². The highest BCUT2D eigenvalue weighted by Crippen LogP contribution is 2.31. The number of hydrogen-bond donors (Lipinski definition) is 1. The zero-order chi connectivity index (χ0) is 13.9. The van der Waals surface area contributed by atoms with E-state index < -0.39 is 0 Å². The number of halogens is 1. The molecule has 1 aromatic heterocycles. The van der Waals surface area contributed by atoms with Crippen LogP contribution >= 0.6 is 27.3 Å². The topological polar surface area (TPSA) is 12.0 Å². The van der Waals surface area contributed by atoms with Crippen molar-refractivity contribution >= 4 is 38.0 Å². The lowest BCUT2D eigenvalue weighted by molar-refractivity contribution is 0.594. The molecule has 3 rings (SSSR count). The zero-order valence-electron chi connectivity index (χ0n) is 11.3. The van der Waals surface area contributed by atoms with Gasteiger partial charge in [-0.1, -0.05) is 42.5 Å². The fourth-order valence-corrected chi connectivity index (χ4v) is 4.23. The molecule has 0 aliphatic rings. The summed E-state index contributed by atoms with van der Waals surface area (Å²) in [6.07, 6.45) is 0.993. The SMILES string of the molecule is CNC(Cc1cccc2ccccc12)c1cscc1Br. The molecule has 0 spiro atoms. The van der Waals surface area contributed by atoms with Crippen LogP contribution in [0.15, 0.2) is 57.7 Å². The van der Waals surface area contributed by atoms with Gasteiger partial charge in [-0.25, -0.2) is 0 Å². The predicted octanol–water partition coefficient (Wildman–Crippen LogP) is 5.17. The van der Waals surface area contributed by atoms with Crippen LogP contribution in [0.5, 0.6) is 0 Å². The molecule has 0 aliphatic carbocycles. The molecule has 1 heterocycles. The normalized spacial score (nSPS) is 12.7. The standard InChI is InChI=1S/C17H16BrNS/c1-19-17(15-10-20-11-16(15)18)9-13-7-4-6-12-5-2-3-8-14(12)13/h2-8,10-11,17,19H,9H2,1H3. The zero-order valence-corrected chi connectivity index (χ0v) is 13.7. The lowest BCUT2D eigenvalue weighted by Gasteiger charge is -2.17. The Kier molecular flexibility index (Phi) is 4.20. The van der Waals surface area contributed by atoms with Crippen LogP contribution in [0.1, 0.15) is 17.2 Å².